The van der Waals surface area contributed by atoms with Gasteiger partial charge in [-0.3, -0.25) is 14.5 Å². The van der Waals surface area contributed by atoms with Gasteiger partial charge in [0.2, 0.25) is 0 Å². The summed E-state index contributed by atoms with van der Waals surface area (Å²) in [7, 11) is 0. The van der Waals surface area contributed by atoms with Gasteiger partial charge in [-0.2, -0.15) is 0 Å². The van der Waals surface area contributed by atoms with E-state index in [4.69, 9.17) is 4.42 Å². The molecule has 2 rings (SSSR count). The van der Waals surface area contributed by atoms with E-state index in [0.717, 1.165) is 24.5 Å². The average molecular weight is 345 g/mol. The number of likely N-dealkylation sites (N-methyl/N-ethyl adjacent to an activating group) is 1. The van der Waals surface area contributed by atoms with Crippen molar-refractivity contribution in [3.63, 3.8) is 0 Å². The van der Waals surface area contributed by atoms with Crippen LogP contribution in [0, 0.1) is 13.8 Å². The highest BCUT2D eigenvalue weighted by Crippen LogP contribution is 2.21. The van der Waals surface area contributed by atoms with Crippen LogP contribution in [-0.4, -0.2) is 41.2 Å². The summed E-state index contributed by atoms with van der Waals surface area (Å²) in [6.45, 7) is 11.4. The Bertz CT molecular complexity index is 727. The number of aromatic amines is 1. The number of nitrogens with zero attached hydrogens (tertiary/aromatic N) is 1. The molecular formula is C19H27N3O3. The number of nitrogens with one attached hydrogen (secondary N) is 2. The lowest BCUT2D eigenvalue weighted by atomic mass is 10.1. The summed E-state index contributed by atoms with van der Waals surface area (Å²) >= 11 is 0. The Morgan fingerprint density at radius 3 is 2.44 bits per heavy atom. The van der Waals surface area contributed by atoms with Gasteiger partial charge in [0.15, 0.2) is 5.78 Å². The summed E-state index contributed by atoms with van der Waals surface area (Å²) < 4.78 is 5.55. The maximum absolute atomic E-state index is 12.6. The molecule has 1 atom stereocenters. The Morgan fingerprint density at radius 1 is 1.28 bits per heavy atom. The summed E-state index contributed by atoms with van der Waals surface area (Å²) in [5, 5.41) is 2.97. The number of rotatable bonds is 8. The fourth-order valence-corrected chi connectivity index (χ4v) is 3.34. The Morgan fingerprint density at radius 2 is 1.96 bits per heavy atom. The number of H-pyrrole nitrogens is 1. The molecule has 0 aromatic carbocycles. The van der Waals surface area contributed by atoms with Crippen molar-refractivity contribution in [2.45, 2.75) is 40.7 Å². The maximum atomic E-state index is 12.6. The molecule has 2 aromatic heterocycles. The molecule has 0 saturated carbocycles. The Balaban J connectivity index is 2.17. The van der Waals surface area contributed by atoms with Gasteiger partial charge in [-0.25, -0.2) is 0 Å². The Kier molecular flexibility index (Phi) is 6.20. The number of Topliss-reactive ketones (excluding diaryl/α,β-unsaturated/α-hetero) is 1. The minimum atomic E-state index is -0.211. The van der Waals surface area contributed by atoms with Crippen molar-refractivity contribution in [2.75, 3.05) is 19.6 Å². The minimum absolute atomic E-state index is 0.0300. The predicted octanol–water partition coefficient (Wildman–Crippen LogP) is 3.24. The third kappa shape index (κ3) is 4.02. The monoisotopic (exact) mass is 345 g/mol. The normalized spacial score (nSPS) is 12.4. The van der Waals surface area contributed by atoms with Crippen LogP contribution in [0.3, 0.4) is 0 Å². The van der Waals surface area contributed by atoms with Crippen molar-refractivity contribution in [1.29, 1.82) is 0 Å². The molecule has 0 unspecified atom stereocenters. The van der Waals surface area contributed by atoms with Crippen molar-refractivity contribution in [3.05, 3.63) is 46.7 Å². The average Bonchev–Trinajstić information content (AvgIpc) is 3.19. The van der Waals surface area contributed by atoms with Crippen molar-refractivity contribution in [2.24, 2.45) is 0 Å². The van der Waals surface area contributed by atoms with Crippen LogP contribution in [-0.2, 0) is 0 Å². The number of ketones is 1. The van der Waals surface area contributed by atoms with Gasteiger partial charge in [0.25, 0.3) is 5.91 Å². The van der Waals surface area contributed by atoms with Gasteiger partial charge >= 0.3 is 0 Å². The van der Waals surface area contributed by atoms with Crippen LogP contribution in [0.5, 0.6) is 0 Å². The zero-order valence-electron chi connectivity index (χ0n) is 15.6. The van der Waals surface area contributed by atoms with Gasteiger partial charge in [-0.15, -0.1) is 0 Å². The second-order valence-electron chi connectivity index (χ2n) is 6.14. The number of hydrogen-bond acceptors (Lipinski definition) is 4. The molecule has 0 fully saturated rings. The van der Waals surface area contributed by atoms with Crippen LogP contribution in [0.4, 0.5) is 0 Å². The molecule has 6 heteroatoms. The number of furan rings is 1. The van der Waals surface area contributed by atoms with Crippen LogP contribution < -0.4 is 5.32 Å². The first-order chi connectivity index (χ1) is 11.9. The van der Waals surface area contributed by atoms with Crippen molar-refractivity contribution < 1.29 is 14.0 Å². The molecule has 1 amide bonds. The first-order valence-corrected chi connectivity index (χ1v) is 8.66. The van der Waals surface area contributed by atoms with Crippen molar-refractivity contribution in [1.82, 2.24) is 15.2 Å². The van der Waals surface area contributed by atoms with Crippen molar-refractivity contribution >= 4 is 11.7 Å². The number of carbonyl (C=O) groups excluding carboxylic acids is 2. The van der Waals surface area contributed by atoms with E-state index in [1.54, 1.807) is 13.2 Å². The van der Waals surface area contributed by atoms with Gasteiger partial charge in [0.05, 0.1) is 12.3 Å². The molecule has 0 spiro atoms. The molecule has 0 aliphatic rings. The smallest absolute Gasteiger partial charge is 0.268 e. The molecular weight excluding hydrogens is 318 g/mol. The third-order valence-corrected chi connectivity index (χ3v) is 4.60. The zero-order valence-corrected chi connectivity index (χ0v) is 15.6. The molecule has 2 aromatic rings. The number of carbonyl (C=O) groups is 2. The highest BCUT2D eigenvalue weighted by molar-refractivity contribution is 6.02. The topological polar surface area (TPSA) is 78.3 Å². The largest absolute Gasteiger partial charge is 0.468 e. The quantitative estimate of drug-likeness (QED) is 0.720. The molecule has 6 nitrogen and oxygen atoms in total. The van der Waals surface area contributed by atoms with E-state index in [1.165, 1.54) is 6.92 Å². The fourth-order valence-electron chi connectivity index (χ4n) is 3.34. The molecule has 0 aliphatic carbocycles. The maximum Gasteiger partial charge on any atom is 0.268 e. The van der Waals surface area contributed by atoms with E-state index in [1.807, 2.05) is 19.1 Å². The lowest BCUT2D eigenvalue weighted by molar-refractivity contribution is 0.0924. The summed E-state index contributed by atoms with van der Waals surface area (Å²) in [5.41, 5.74) is 2.46. The zero-order chi connectivity index (χ0) is 18.6. The summed E-state index contributed by atoms with van der Waals surface area (Å²) in [6, 6.07) is 3.75. The number of hydrogen-bond donors (Lipinski definition) is 2. The minimum Gasteiger partial charge on any atom is -0.468 e. The second-order valence-corrected chi connectivity index (χ2v) is 6.14. The van der Waals surface area contributed by atoms with Gasteiger partial charge < -0.3 is 14.7 Å². The summed E-state index contributed by atoms with van der Waals surface area (Å²) in [5.74, 6) is 0.575. The molecule has 0 aliphatic heterocycles. The van der Waals surface area contributed by atoms with Crippen molar-refractivity contribution in [3.8, 4) is 0 Å². The van der Waals surface area contributed by atoms with Crippen LogP contribution in [0.2, 0.25) is 0 Å². The van der Waals surface area contributed by atoms with Crippen LogP contribution in [0.1, 0.15) is 64.7 Å². The highest BCUT2D eigenvalue weighted by Gasteiger charge is 2.24. The van der Waals surface area contributed by atoms with Gasteiger partial charge in [-0.1, -0.05) is 13.8 Å². The molecule has 25 heavy (non-hydrogen) atoms. The summed E-state index contributed by atoms with van der Waals surface area (Å²) in [4.78, 5) is 29.6. The van der Waals surface area contributed by atoms with E-state index >= 15 is 0 Å². The Labute approximate surface area is 148 Å². The number of amides is 1. The first kappa shape index (κ1) is 19.0. The fraction of sp³-hybridized carbons (Fsp3) is 0.474. The van der Waals surface area contributed by atoms with E-state index in [-0.39, 0.29) is 17.7 Å². The molecule has 0 radical (unpaired) electrons. The van der Waals surface area contributed by atoms with E-state index in [9.17, 15) is 9.59 Å². The van der Waals surface area contributed by atoms with Crippen LogP contribution >= 0.6 is 0 Å². The molecule has 0 saturated heterocycles. The SMILES string of the molecule is CCN(CC)[C@@H](CNC(=O)c1[nH]c(C)c(C(C)=O)c1C)c1ccco1. The molecule has 0 bridgehead atoms. The molecule has 2 heterocycles. The van der Waals surface area contributed by atoms with Gasteiger partial charge in [0, 0.05) is 17.8 Å². The van der Waals surface area contributed by atoms with Crippen LogP contribution in [0.15, 0.2) is 22.8 Å². The highest BCUT2D eigenvalue weighted by atomic mass is 16.3. The Hall–Kier alpha value is -2.34. The van der Waals surface area contributed by atoms with Gasteiger partial charge in [0.1, 0.15) is 11.5 Å². The number of aryl methyl sites for hydroxylation is 1. The van der Waals surface area contributed by atoms with Gasteiger partial charge in [-0.05, 0) is 51.6 Å². The first-order valence-electron chi connectivity index (χ1n) is 8.66. The third-order valence-electron chi connectivity index (χ3n) is 4.60. The molecule has 2 N–H and O–H groups in total. The predicted molar refractivity (Wildman–Crippen MR) is 97.0 cm³/mol. The standard InChI is InChI=1S/C19H27N3O3/c1-6-22(7-2)15(16-9-8-10-25-16)11-20-19(24)18-12(3)17(14(5)23)13(4)21-18/h8-10,15,21H,6-7,11H2,1-5H3,(H,20,24)/t15-/m0/s1. The second kappa shape index (κ2) is 8.16. The summed E-state index contributed by atoms with van der Waals surface area (Å²) in [6.07, 6.45) is 1.64. The van der Waals surface area contributed by atoms with E-state index < -0.39 is 0 Å². The van der Waals surface area contributed by atoms with Crippen LogP contribution in [0.25, 0.3) is 0 Å². The number of aromatic nitrogens is 1. The molecule has 136 valence electrons. The van der Waals surface area contributed by atoms with E-state index in [0.29, 0.717) is 23.4 Å². The van der Waals surface area contributed by atoms with E-state index in [2.05, 4.69) is 29.0 Å². The lowest BCUT2D eigenvalue weighted by Gasteiger charge is -2.28. The lowest BCUT2D eigenvalue weighted by Crippen LogP contribution is -2.38.